The molecule has 0 aromatic carbocycles. The highest BCUT2D eigenvalue weighted by molar-refractivity contribution is 5.02. The molecule has 4 unspecified atom stereocenters. The van der Waals surface area contributed by atoms with Crippen LogP contribution in [0.1, 0.15) is 44.8 Å². The second kappa shape index (κ2) is 4.95. The lowest BCUT2D eigenvalue weighted by Crippen LogP contribution is -2.31. The quantitative estimate of drug-likeness (QED) is 0.824. The van der Waals surface area contributed by atoms with Crippen molar-refractivity contribution in [2.45, 2.75) is 39.2 Å². The first-order valence-corrected chi connectivity index (χ1v) is 6.25. The van der Waals surface area contributed by atoms with Crippen molar-refractivity contribution in [3.63, 3.8) is 0 Å². The van der Waals surface area contributed by atoms with E-state index in [-0.39, 0.29) is 0 Å². The first kappa shape index (κ1) is 11.6. The van der Waals surface area contributed by atoms with Gasteiger partial charge in [-0.25, -0.2) is 0 Å². The minimum absolute atomic E-state index is 0.355. The molecule has 0 saturated heterocycles. The van der Waals surface area contributed by atoms with Crippen LogP contribution in [0.25, 0.3) is 0 Å². The van der Waals surface area contributed by atoms with Gasteiger partial charge < -0.3 is 5.32 Å². The maximum absolute atomic E-state index is 4.21. The summed E-state index contributed by atoms with van der Waals surface area (Å²) in [6, 6.07) is 0.355. The first-order valence-electron chi connectivity index (χ1n) is 6.25. The van der Waals surface area contributed by atoms with E-state index in [2.05, 4.69) is 34.6 Å². The van der Waals surface area contributed by atoms with Gasteiger partial charge >= 0.3 is 0 Å². The van der Waals surface area contributed by atoms with Gasteiger partial charge in [-0.15, -0.1) is 0 Å². The van der Waals surface area contributed by atoms with Gasteiger partial charge in [0.1, 0.15) is 0 Å². The molecule has 0 aliphatic heterocycles. The van der Waals surface area contributed by atoms with E-state index < -0.39 is 0 Å². The molecule has 1 aromatic heterocycles. The van der Waals surface area contributed by atoms with E-state index in [1.165, 1.54) is 19.3 Å². The molecular formula is C12H22N4. The van der Waals surface area contributed by atoms with Crippen molar-refractivity contribution in [3.05, 3.63) is 11.9 Å². The Hall–Kier alpha value is -0.900. The maximum atomic E-state index is 4.21. The Morgan fingerprint density at radius 1 is 1.38 bits per heavy atom. The number of aromatic amines is 1. The number of hydrogen-bond acceptors (Lipinski definition) is 3. The van der Waals surface area contributed by atoms with Gasteiger partial charge in [0.2, 0.25) is 0 Å². The summed E-state index contributed by atoms with van der Waals surface area (Å²) in [5.74, 6) is 2.38. The zero-order chi connectivity index (χ0) is 11.5. The summed E-state index contributed by atoms with van der Waals surface area (Å²) in [7, 11) is 2.02. The van der Waals surface area contributed by atoms with E-state index in [4.69, 9.17) is 0 Å². The average molecular weight is 222 g/mol. The minimum atomic E-state index is 0.355. The van der Waals surface area contributed by atoms with E-state index in [9.17, 15) is 0 Å². The zero-order valence-corrected chi connectivity index (χ0v) is 10.4. The van der Waals surface area contributed by atoms with Gasteiger partial charge in [0.25, 0.3) is 0 Å². The normalized spacial score (nSPS) is 32.6. The fourth-order valence-corrected chi connectivity index (χ4v) is 2.88. The van der Waals surface area contributed by atoms with Crippen LogP contribution in [0.3, 0.4) is 0 Å². The monoisotopic (exact) mass is 222 g/mol. The average Bonchev–Trinajstić information content (AvgIpc) is 2.78. The van der Waals surface area contributed by atoms with Crippen molar-refractivity contribution < 1.29 is 0 Å². The van der Waals surface area contributed by atoms with Gasteiger partial charge in [0.05, 0.1) is 17.9 Å². The summed E-state index contributed by atoms with van der Waals surface area (Å²) < 4.78 is 0. The second-order valence-corrected chi connectivity index (χ2v) is 5.19. The van der Waals surface area contributed by atoms with Crippen molar-refractivity contribution in [1.82, 2.24) is 20.7 Å². The highest BCUT2D eigenvalue weighted by atomic mass is 15.3. The van der Waals surface area contributed by atoms with Crippen LogP contribution in [-0.2, 0) is 0 Å². The van der Waals surface area contributed by atoms with Crippen LogP contribution in [0.2, 0.25) is 0 Å². The summed E-state index contributed by atoms with van der Waals surface area (Å²) in [6.45, 7) is 4.73. The van der Waals surface area contributed by atoms with E-state index in [1.54, 1.807) is 0 Å². The summed E-state index contributed by atoms with van der Waals surface area (Å²) >= 11 is 0. The minimum Gasteiger partial charge on any atom is -0.311 e. The van der Waals surface area contributed by atoms with Crippen LogP contribution in [0.15, 0.2) is 6.20 Å². The topological polar surface area (TPSA) is 53.6 Å². The highest BCUT2D eigenvalue weighted by Gasteiger charge is 2.31. The van der Waals surface area contributed by atoms with Crippen molar-refractivity contribution in [2.75, 3.05) is 7.05 Å². The second-order valence-electron chi connectivity index (χ2n) is 5.19. The zero-order valence-electron chi connectivity index (χ0n) is 10.4. The molecule has 1 heterocycles. The summed E-state index contributed by atoms with van der Waals surface area (Å²) in [6.07, 6.45) is 5.76. The third-order valence-electron chi connectivity index (χ3n) is 4.17. The van der Waals surface area contributed by atoms with Crippen LogP contribution in [0.5, 0.6) is 0 Å². The van der Waals surface area contributed by atoms with Gasteiger partial charge in [-0.1, -0.05) is 20.3 Å². The molecule has 2 rings (SSSR count). The Kier molecular flexibility index (Phi) is 3.59. The lowest BCUT2D eigenvalue weighted by molar-refractivity contribution is 0.173. The molecule has 1 aromatic rings. The molecule has 4 nitrogen and oxygen atoms in total. The molecule has 0 radical (unpaired) electrons. The van der Waals surface area contributed by atoms with Crippen molar-refractivity contribution in [2.24, 2.45) is 17.8 Å². The number of H-pyrrole nitrogens is 1. The van der Waals surface area contributed by atoms with Crippen LogP contribution in [-0.4, -0.2) is 22.5 Å². The molecular weight excluding hydrogens is 200 g/mol. The van der Waals surface area contributed by atoms with Gasteiger partial charge in [-0.3, -0.25) is 0 Å². The Balaban J connectivity index is 2.05. The lowest BCUT2D eigenvalue weighted by Gasteiger charge is -2.35. The van der Waals surface area contributed by atoms with Gasteiger partial charge in [-0.05, 0) is 37.6 Å². The molecule has 1 aliphatic carbocycles. The predicted octanol–water partition coefficient (Wildman–Crippen LogP) is 2.14. The van der Waals surface area contributed by atoms with Crippen LogP contribution in [0.4, 0.5) is 0 Å². The van der Waals surface area contributed by atoms with Gasteiger partial charge in [0, 0.05) is 0 Å². The summed E-state index contributed by atoms with van der Waals surface area (Å²) in [4.78, 5) is 0. The van der Waals surface area contributed by atoms with Crippen LogP contribution in [0, 0.1) is 17.8 Å². The maximum Gasteiger partial charge on any atom is 0.0996 e. The lowest BCUT2D eigenvalue weighted by atomic mass is 9.73. The van der Waals surface area contributed by atoms with Gasteiger partial charge in [0.15, 0.2) is 0 Å². The third-order valence-corrected chi connectivity index (χ3v) is 4.17. The number of nitrogens with one attached hydrogen (secondary N) is 2. The fraction of sp³-hybridized carbons (Fsp3) is 0.833. The molecule has 4 atom stereocenters. The fourth-order valence-electron chi connectivity index (χ4n) is 2.88. The Bertz CT molecular complexity index is 309. The molecule has 0 bridgehead atoms. The molecule has 1 aliphatic rings. The number of nitrogens with zero attached hydrogens (tertiary/aromatic N) is 2. The van der Waals surface area contributed by atoms with Crippen LogP contribution >= 0.6 is 0 Å². The first-order chi connectivity index (χ1) is 7.72. The SMILES string of the molecule is CNC(c1cn[nH]n1)C1CCC(C)C(C)C1. The summed E-state index contributed by atoms with van der Waals surface area (Å²) in [5, 5.41) is 14.2. The molecule has 0 spiro atoms. The van der Waals surface area contributed by atoms with Crippen molar-refractivity contribution >= 4 is 0 Å². The largest absolute Gasteiger partial charge is 0.311 e. The Morgan fingerprint density at radius 3 is 2.75 bits per heavy atom. The number of rotatable bonds is 3. The smallest absolute Gasteiger partial charge is 0.0996 e. The standard InChI is InChI=1S/C12H22N4/c1-8-4-5-10(6-9(8)2)12(13-3)11-7-14-16-15-11/h7-10,12-13H,4-6H2,1-3H3,(H,14,15,16). The number of hydrogen-bond donors (Lipinski definition) is 2. The van der Waals surface area contributed by atoms with Crippen molar-refractivity contribution in [3.8, 4) is 0 Å². The molecule has 2 N–H and O–H groups in total. The molecule has 0 amide bonds. The van der Waals surface area contributed by atoms with E-state index in [0.717, 1.165) is 17.5 Å². The predicted molar refractivity (Wildman–Crippen MR) is 63.9 cm³/mol. The van der Waals surface area contributed by atoms with E-state index in [1.807, 2.05) is 13.2 Å². The third kappa shape index (κ3) is 2.26. The highest BCUT2D eigenvalue weighted by Crippen LogP contribution is 2.39. The van der Waals surface area contributed by atoms with E-state index >= 15 is 0 Å². The number of aromatic nitrogens is 3. The van der Waals surface area contributed by atoms with Crippen molar-refractivity contribution in [1.29, 1.82) is 0 Å². The molecule has 90 valence electrons. The molecule has 1 saturated carbocycles. The van der Waals surface area contributed by atoms with E-state index in [0.29, 0.717) is 12.0 Å². The Morgan fingerprint density at radius 2 is 2.19 bits per heavy atom. The Labute approximate surface area is 97.2 Å². The summed E-state index contributed by atoms with van der Waals surface area (Å²) in [5.41, 5.74) is 1.05. The molecule has 4 heteroatoms. The van der Waals surface area contributed by atoms with Crippen LogP contribution < -0.4 is 5.32 Å². The molecule has 1 fully saturated rings. The van der Waals surface area contributed by atoms with Gasteiger partial charge in [-0.2, -0.15) is 15.4 Å². The molecule has 16 heavy (non-hydrogen) atoms.